The Balaban J connectivity index is 0.00000361. The average Bonchev–Trinajstić information content (AvgIpc) is 2.38. The second kappa shape index (κ2) is 7.63. The fourth-order valence-corrected chi connectivity index (χ4v) is 2.13. The van der Waals surface area contributed by atoms with E-state index in [1.165, 1.54) is 13.1 Å². The van der Waals surface area contributed by atoms with Crippen molar-refractivity contribution >= 4 is 47.4 Å². The number of rotatable bonds is 3. The van der Waals surface area contributed by atoms with Crippen LogP contribution in [0.4, 0.5) is 4.79 Å². The van der Waals surface area contributed by atoms with Gasteiger partial charge in [-0.25, -0.2) is 4.79 Å². The molecule has 2 atom stereocenters. The molecule has 0 radical (unpaired) electrons. The zero-order chi connectivity index (χ0) is 14.6. The Morgan fingerprint density at radius 3 is 2.55 bits per heavy atom. The molecule has 1 saturated heterocycles. The van der Waals surface area contributed by atoms with Gasteiger partial charge in [-0.1, -0.05) is 18.9 Å². The molecule has 1 N–H and O–H groups in total. The Morgan fingerprint density at radius 2 is 2.05 bits per heavy atom. The number of amides is 4. The number of imide groups is 2. The van der Waals surface area contributed by atoms with Gasteiger partial charge in [0.25, 0.3) is 0 Å². The topological polar surface area (TPSA) is 66.5 Å². The Bertz CT molecular complexity index is 492. The van der Waals surface area contributed by atoms with E-state index in [4.69, 9.17) is 0 Å². The number of allylic oxidation sites excluding steroid dienone is 1. The molecule has 0 aliphatic carbocycles. The van der Waals surface area contributed by atoms with Crippen molar-refractivity contribution in [1.29, 1.82) is 0 Å². The predicted molar refractivity (Wildman–Crippen MR) is 77.9 cm³/mol. The first-order valence-corrected chi connectivity index (χ1v) is 6.14. The van der Waals surface area contributed by atoms with Gasteiger partial charge >= 0.3 is 35.6 Å². The summed E-state index contributed by atoms with van der Waals surface area (Å²) in [7, 11) is 1.35. The molecule has 1 fully saturated rings. The predicted octanol–water partition coefficient (Wildman–Crippen LogP) is 0.658. The molecule has 0 aromatic rings. The molecule has 5 nitrogen and oxygen atoms in total. The molecule has 0 bridgehead atoms. The van der Waals surface area contributed by atoms with Crippen molar-refractivity contribution in [2.75, 3.05) is 7.05 Å². The molecular weight excluding hydrogens is 267 g/mol. The van der Waals surface area contributed by atoms with Gasteiger partial charge in [-0.05, 0) is 13.3 Å². The standard InChI is InChI=1S/C14H18N2O3.Na.H/c1-5-7-8-10(3)14(9-6-2)11(17)15-13(19)16(4)12(14)18;;/h6,10H,2,5,9H2,1,3-4H3,(H,15,17,19);;. The molecule has 0 aromatic carbocycles. The third kappa shape index (κ3) is 3.14. The van der Waals surface area contributed by atoms with Crippen LogP contribution in [0.15, 0.2) is 12.7 Å². The van der Waals surface area contributed by atoms with E-state index in [0.29, 0.717) is 6.42 Å². The van der Waals surface area contributed by atoms with Gasteiger partial charge in [0, 0.05) is 19.4 Å². The number of hydrogen-bond acceptors (Lipinski definition) is 3. The molecule has 1 heterocycles. The first-order chi connectivity index (χ1) is 8.91. The molecule has 1 aliphatic rings. The van der Waals surface area contributed by atoms with E-state index in [1.807, 2.05) is 6.92 Å². The van der Waals surface area contributed by atoms with Crippen LogP contribution in [0.5, 0.6) is 0 Å². The number of nitrogens with one attached hydrogen (secondary N) is 1. The first kappa shape index (κ1) is 18.9. The third-order valence-corrected chi connectivity index (χ3v) is 3.32. The molecule has 1 aliphatic heterocycles. The van der Waals surface area contributed by atoms with Crippen molar-refractivity contribution in [3.05, 3.63) is 12.7 Å². The molecule has 104 valence electrons. The number of carbonyl (C=O) groups excluding carboxylic acids is 3. The van der Waals surface area contributed by atoms with Gasteiger partial charge in [-0.15, -0.1) is 12.5 Å². The van der Waals surface area contributed by atoms with E-state index >= 15 is 0 Å². The normalized spacial score (nSPS) is 23.1. The van der Waals surface area contributed by atoms with Crippen molar-refractivity contribution < 1.29 is 14.4 Å². The van der Waals surface area contributed by atoms with Crippen LogP contribution in [0, 0.1) is 23.2 Å². The first-order valence-electron chi connectivity index (χ1n) is 6.14. The van der Waals surface area contributed by atoms with Crippen molar-refractivity contribution in [2.24, 2.45) is 11.3 Å². The fourth-order valence-electron chi connectivity index (χ4n) is 2.13. The zero-order valence-corrected chi connectivity index (χ0v) is 11.4. The van der Waals surface area contributed by atoms with E-state index in [-0.39, 0.29) is 36.0 Å². The molecule has 0 aromatic heterocycles. The monoisotopic (exact) mass is 286 g/mol. The summed E-state index contributed by atoms with van der Waals surface area (Å²) in [4.78, 5) is 37.0. The molecule has 1 rings (SSSR count). The number of barbiturate groups is 1. The van der Waals surface area contributed by atoms with Crippen LogP contribution in [0.25, 0.3) is 0 Å². The summed E-state index contributed by atoms with van der Waals surface area (Å²) in [5.41, 5.74) is -1.37. The minimum absolute atomic E-state index is 0. The second-order valence-electron chi connectivity index (χ2n) is 4.48. The maximum absolute atomic E-state index is 12.4. The van der Waals surface area contributed by atoms with Crippen molar-refractivity contribution in [3.8, 4) is 11.8 Å². The quantitative estimate of drug-likeness (QED) is 0.359. The Hall–Kier alpha value is -1.09. The van der Waals surface area contributed by atoms with Gasteiger partial charge in [0.1, 0.15) is 5.41 Å². The summed E-state index contributed by atoms with van der Waals surface area (Å²) < 4.78 is 0. The van der Waals surface area contributed by atoms with E-state index in [0.717, 1.165) is 4.90 Å². The number of carbonyl (C=O) groups is 3. The van der Waals surface area contributed by atoms with Gasteiger partial charge in [-0.3, -0.25) is 19.8 Å². The summed E-state index contributed by atoms with van der Waals surface area (Å²) in [6.45, 7) is 7.19. The van der Waals surface area contributed by atoms with Gasteiger partial charge in [0.2, 0.25) is 11.8 Å². The SMILES string of the molecule is C=CCC1(C(C)C#CCC)C(=O)NC(=O)N(C)C1=O.[NaH]. The van der Waals surface area contributed by atoms with Crippen molar-refractivity contribution in [3.63, 3.8) is 0 Å². The molecule has 20 heavy (non-hydrogen) atoms. The van der Waals surface area contributed by atoms with Crippen LogP contribution in [0.3, 0.4) is 0 Å². The minimum atomic E-state index is -1.37. The van der Waals surface area contributed by atoms with E-state index in [1.54, 1.807) is 6.92 Å². The van der Waals surface area contributed by atoms with Gasteiger partial charge in [0.05, 0.1) is 0 Å². The van der Waals surface area contributed by atoms with Crippen LogP contribution >= 0.6 is 0 Å². The molecule has 6 heteroatoms. The summed E-state index contributed by atoms with van der Waals surface area (Å²) in [5.74, 6) is 4.16. The molecule has 0 spiro atoms. The third-order valence-electron chi connectivity index (χ3n) is 3.32. The van der Waals surface area contributed by atoms with Crippen molar-refractivity contribution in [1.82, 2.24) is 10.2 Å². The summed E-state index contributed by atoms with van der Waals surface area (Å²) in [5, 5.41) is 2.20. The van der Waals surface area contributed by atoms with Crippen LogP contribution in [0.2, 0.25) is 0 Å². The summed E-state index contributed by atoms with van der Waals surface area (Å²) in [6, 6.07) is -0.703. The summed E-state index contributed by atoms with van der Waals surface area (Å²) >= 11 is 0. The van der Waals surface area contributed by atoms with Crippen LogP contribution in [0.1, 0.15) is 26.7 Å². The molecular formula is C14H19N2NaO3. The Morgan fingerprint density at radius 1 is 1.45 bits per heavy atom. The number of urea groups is 1. The zero-order valence-electron chi connectivity index (χ0n) is 11.4. The molecule has 4 amide bonds. The number of hydrogen-bond donors (Lipinski definition) is 1. The van der Waals surface area contributed by atoms with Gasteiger partial charge in [-0.2, -0.15) is 0 Å². The van der Waals surface area contributed by atoms with E-state index in [9.17, 15) is 14.4 Å². The second-order valence-corrected chi connectivity index (χ2v) is 4.48. The average molecular weight is 286 g/mol. The van der Waals surface area contributed by atoms with E-state index < -0.39 is 29.2 Å². The van der Waals surface area contributed by atoms with E-state index in [2.05, 4.69) is 23.7 Å². The Labute approximate surface area is 141 Å². The van der Waals surface area contributed by atoms with Crippen molar-refractivity contribution in [2.45, 2.75) is 26.7 Å². The van der Waals surface area contributed by atoms with Gasteiger partial charge in [0.15, 0.2) is 0 Å². The van der Waals surface area contributed by atoms with Crippen LogP contribution < -0.4 is 5.32 Å². The molecule has 2 unspecified atom stereocenters. The Kier molecular flexibility index (Phi) is 7.21. The van der Waals surface area contributed by atoms with Gasteiger partial charge < -0.3 is 0 Å². The van der Waals surface area contributed by atoms with Crippen LogP contribution in [-0.2, 0) is 9.59 Å². The number of nitrogens with zero attached hydrogens (tertiary/aromatic N) is 1. The fraction of sp³-hybridized carbons (Fsp3) is 0.500. The molecule has 0 saturated carbocycles. The maximum atomic E-state index is 12.4. The summed E-state index contributed by atoms with van der Waals surface area (Å²) in [6.07, 6.45) is 2.29. The van der Waals surface area contributed by atoms with Crippen LogP contribution in [-0.4, -0.2) is 59.4 Å².